The van der Waals surface area contributed by atoms with Crippen molar-refractivity contribution < 1.29 is 0 Å². The molecule has 0 aliphatic heterocycles. The predicted molar refractivity (Wildman–Crippen MR) is 96.7 cm³/mol. The lowest BCUT2D eigenvalue weighted by molar-refractivity contribution is 0.0120. The summed E-state index contributed by atoms with van der Waals surface area (Å²) in [6.07, 6.45) is 14.1. The van der Waals surface area contributed by atoms with Gasteiger partial charge in [-0.25, -0.2) is 0 Å². The Bertz CT molecular complexity index is 457. The molecule has 4 aliphatic carbocycles. The summed E-state index contributed by atoms with van der Waals surface area (Å²) in [6, 6.07) is 0. The Morgan fingerprint density at radius 2 is 1.77 bits per heavy atom. The maximum Gasteiger partial charge on any atom is -0.00879 e. The van der Waals surface area contributed by atoms with Crippen molar-refractivity contribution in [2.75, 3.05) is 0 Å². The van der Waals surface area contributed by atoms with Crippen LogP contribution in [0.5, 0.6) is 0 Å². The van der Waals surface area contributed by atoms with E-state index in [1.165, 1.54) is 51.4 Å². The van der Waals surface area contributed by atoms with E-state index in [1.807, 2.05) is 19.4 Å². The molecule has 3 fully saturated rings. The number of hydrogen-bond acceptors (Lipinski definition) is 0. The Morgan fingerprint density at radius 1 is 1.00 bits per heavy atom. The van der Waals surface area contributed by atoms with Crippen LogP contribution in [0.15, 0.2) is 23.8 Å². The lowest BCUT2D eigenvalue weighted by Crippen LogP contribution is -2.44. The summed E-state index contributed by atoms with van der Waals surface area (Å²) in [6.45, 7) is 13.4. The van der Waals surface area contributed by atoms with E-state index >= 15 is 0 Å². The van der Waals surface area contributed by atoms with Crippen LogP contribution >= 0.6 is 0 Å². The van der Waals surface area contributed by atoms with E-state index in [1.54, 1.807) is 5.57 Å². The molecule has 0 radical (unpaired) electrons. The van der Waals surface area contributed by atoms with Gasteiger partial charge >= 0.3 is 0 Å². The van der Waals surface area contributed by atoms with Gasteiger partial charge in [0.1, 0.15) is 0 Å². The van der Waals surface area contributed by atoms with Gasteiger partial charge in [-0.2, -0.15) is 0 Å². The number of hydrogen-bond donors (Lipinski definition) is 0. The van der Waals surface area contributed by atoms with Crippen molar-refractivity contribution in [1.29, 1.82) is 0 Å². The number of allylic oxidation sites excluding steroid dienone is 3. The molecule has 0 heteroatoms. The summed E-state index contributed by atoms with van der Waals surface area (Å²) in [5, 5.41) is 0. The Morgan fingerprint density at radius 3 is 2.55 bits per heavy atom. The van der Waals surface area contributed by atoms with Gasteiger partial charge in [0.15, 0.2) is 0 Å². The standard InChI is InChI=1S/C20H30.C2H6/c1-13-4-7-16-15(12-13)6-8-18-17(16)10-11-20(3)14(2)5-9-19(18)20;1-2/h12-13,16-19H,2,4-11H2,1,3H3;1-2H3. The highest BCUT2D eigenvalue weighted by Gasteiger charge is 2.53. The first-order valence-electron chi connectivity index (χ1n) is 9.98. The van der Waals surface area contributed by atoms with Gasteiger partial charge in [0, 0.05) is 0 Å². The van der Waals surface area contributed by atoms with Crippen molar-refractivity contribution in [1.82, 2.24) is 0 Å². The molecule has 22 heavy (non-hydrogen) atoms. The van der Waals surface area contributed by atoms with Gasteiger partial charge in [-0.3, -0.25) is 0 Å². The average Bonchev–Trinajstić information content (AvgIpc) is 2.84. The van der Waals surface area contributed by atoms with Crippen molar-refractivity contribution in [3.05, 3.63) is 23.8 Å². The molecule has 4 aliphatic rings. The molecule has 0 N–H and O–H groups in total. The minimum Gasteiger partial charge on any atom is -0.0993 e. The fraction of sp³-hybridized carbons (Fsp3) is 0.818. The molecule has 0 bridgehead atoms. The minimum absolute atomic E-state index is 0.504. The summed E-state index contributed by atoms with van der Waals surface area (Å²) in [4.78, 5) is 0. The van der Waals surface area contributed by atoms with Gasteiger partial charge < -0.3 is 0 Å². The van der Waals surface area contributed by atoms with Gasteiger partial charge in [0.05, 0.1) is 0 Å². The second-order valence-corrected chi connectivity index (χ2v) is 8.47. The highest BCUT2D eigenvalue weighted by Crippen LogP contribution is 2.63. The van der Waals surface area contributed by atoms with Crippen molar-refractivity contribution in [3.63, 3.8) is 0 Å². The molecule has 6 atom stereocenters. The third kappa shape index (κ3) is 2.42. The van der Waals surface area contributed by atoms with Crippen molar-refractivity contribution in [2.24, 2.45) is 35.0 Å². The Labute approximate surface area is 138 Å². The molecule has 0 aromatic heterocycles. The third-order valence-electron chi connectivity index (χ3n) is 7.64. The van der Waals surface area contributed by atoms with Crippen LogP contribution in [0.1, 0.15) is 79.1 Å². The van der Waals surface area contributed by atoms with Crippen LogP contribution in [0, 0.1) is 35.0 Å². The molecule has 0 nitrogen and oxygen atoms in total. The summed E-state index contributed by atoms with van der Waals surface area (Å²) in [5.74, 6) is 4.81. The molecule has 0 heterocycles. The largest absolute Gasteiger partial charge is 0.0993 e. The van der Waals surface area contributed by atoms with Gasteiger partial charge in [0.25, 0.3) is 0 Å². The molecule has 124 valence electrons. The molecule has 3 saturated carbocycles. The second-order valence-electron chi connectivity index (χ2n) is 8.47. The van der Waals surface area contributed by atoms with Gasteiger partial charge in [-0.1, -0.05) is 51.5 Å². The molecule has 0 saturated heterocycles. The molecule has 4 rings (SSSR count). The smallest absolute Gasteiger partial charge is 0.00879 e. The summed E-state index contributed by atoms with van der Waals surface area (Å²) in [7, 11) is 0. The van der Waals surface area contributed by atoms with Crippen LogP contribution in [0.25, 0.3) is 0 Å². The quantitative estimate of drug-likeness (QED) is 0.433. The van der Waals surface area contributed by atoms with E-state index < -0.39 is 0 Å². The minimum atomic E-state index is 0.504. The van der Waals surface area contributed by atoms with Crippen molar-refractivity contribution in [3.8, 4) is 0 Å². The molecule has 0 spiro atoms. The topological polar surface area (TPSA) is 0 Å². The molecule has 0 aromatic carbocycles. The average molecular weight is 301 g/mol. The molecular weight excluding hydrogens is 264 g/mol. The summed E-state index contributed by atoms with van der Waals surface area (Å²) >= 11 is 0. The number of rotatable bonds is 0. The molecule has 0 aromatic rings. The monoisotopic (exact) mass is 300 g/mol. The third-order valence-corrected chi connectivity index (χ3v) is 7.64. The lowest BCUT2D eigenvalue weighted by atomic mass is 9.52. The lowest BCUT2D eigenvalue weighted by Gasteiger charge is -2.53. The summed E-state index contributed by atoms with van der Waals surface area (Å²) in [5.41, 5.74) is 3.94. The first kappa shape index (κ1) is 16.3. The van der Waals surface area contributed by atoms with E-state index in [-0.39, 0.29) is 0 Å². The first-order valence-corrected chi connectivity index (χ1v) is 9.98. The Balaban J connectivity index is 0.000000693. The van der Waals surface area contributed by atoms with Crippen LogP contribution in [0.4, 0.5) is 0 Å². The maximum absolute atomic E-state index is 4.43. The molecule has 0 amide bonds. The zero-order valence-electron chi connectivity index (χ0n) is 15.3. The van der Waals surface area contributed by atoms with E-state index in [2.05, 4.69) is 26.5 Å². The van der Waals surface area contributed by atoms with E-state index in [0.29, 0.717) is 5.41 Å². The highest BCUT2D eigenvalue weighted by molar-refractivity contribution is 5.24. The zero-order chi connectivity index (χ0) is 15.9. The van der Waals surface area contributed by atoms with Crippen molar-refractivity contribution >= 4 is 0 Å². The van der Waals surface area contributed by atoms with Crippen molar-refractivity contribution in [2.45, 2.75) is 79.1 Å². The fourth-order valence-corrected chi connectivity index (χ4v) is 6.43. The summed E-state index contributed by atoms with van der Waals surface area (Å²) < 4.78 is 0. The van der Waals surface area contributed by atoms with Crippen LogP contribution in [-0.2, 0) is 0 Å². The first-order chi connectivity index (χ1) is 10.6. The normalized spacial score (nSPS) is 46.6. The zero-order valence-corrected chi connectivity index (χ0v) is 15.3. The highest BCUT2D eigenvalue weighted by atomic mass is 14.6. The number of fused-ring (bicyclic) bond motifs is 5. The van der Waals surface area contributed by atoms with Crippen LogP contribution < -0.4 is 0 Å². The predicted octanol–water partition coefficient (Wildman–Crippen LogP) is 6.78. The maximum atomic E-state index is 4.43. The second kappa shape index (κ2) is 6.17. The molecular formula is C22H36. The van der Waals surface area contributed by atoms with Crippen LogP contribution in [-0.4, -0.2) is 0 Å². The van der Waals surface area contributed by atoms with E-state index in [0.717, 1.165) is 29.6 Å². The van der Waals surface area contributed by atoms with E-state index in [4.69, 9.17) is 0 Å². The van der Waals surface area contributed by atoms with Gasteiger partial charge in [-0.15, -0.1) is 0 Å². The Hall–Kier alpha value is -0.520. The van der Waals surface area contributed by atoms with Gasteiger partial charge in [-0.05, 0) is 86.4 Å². The SMILES string of the molecule is C=C1CCC2C3CCC4=CC(C)CCC4C3CCC12C.CC. The Kier molecular flexibility index (Phi) is 4.59. The fourth-order valence-electron chi connectivity index (χ4n) is 6.43. The molecule has 6 unspecified atom stereocenters. The van der Waals surface area contributed by atoms with Crippen LogP contribution in [0.3, 0.4) is 0 Å². The van der Waals surface area contributed by atoms with Crippen LogP contribution in [0.2, 0.25) is 0 Å². The van der Waals surface area contributed by atoms with E-state index in [9.17, 15) is 0 Å². The van der Waals surface area contributed by atoms with Gasteiger partial charge in [0.2, 0.25) is 0 Å².